The van der Waals surface area contributed by atoms with Crippen LogP contribution in [0.15, 0.2) is 48.5 Å². The molecule has 2 aromatic rings. The van der Waals surface area contributed by atoms with Gasteiger partial charge in [-0.1, -0.05) is 36.4 Å². The van der Waals surface area contributed by atoms with E-state index in [1.807, 2.05) is 40.1 Å². The summed E-state index contributed by atoms with van der Waals surface area (Å²) in [5, 5.41) is 8.90. The zero-order valence-electron chi connectivity index (χ0n) is 16.7. The van der Waals surface area contributed by atoms with Crippen LogP contribution in [0.4, 0.5) is 4.79 Å². The van der Waals surface area contributed by atoms with Gasteiger partial charge in [-0.2, -0.15) is 13.5 Å². The van der Waals surface area contributed by atoms with E-state index in [0.29, 0.717) is 24.5 Å². The zero-order valence-corrected chi connectivity index (χ0v) is 17.7. The number of nitrogens with zero attached hydrogens (tertiary/aromatic N) is 2. The van der Waals surface area contributed by atoms with Crippen LogP contribution in [0.1, 0.15) is 46.8 Å². The van der Waals surface area contributed by atoms with Gasteiger partial charge in [-0.25, -0.2) is 10.3 Å². The zero-order chi connectivity index (χ0) is 20.2. The summed E-state index contributed by atoms with van der Waals surface area (Å²) in [6, 6.07) is 14.7. The van der Waals surface area contributed by atoms with E-state index in [0.717, 1.165) is 43.5 Å². The lowest BCUT2D eigenvalue weighted by Gasteiger charge is -2.36. The minimum absolute atomic E-state index is 0. The molecular formula is C22H27N3O4S. The van der Waals surface area contributed by atoms with Crippen LogP contribution in [0, 0.1) is 0 Å². The standard InChI is InChI=1S/C22H25N3O4.H2S/c26-21(23-28)17-9-10-18-14-25(22(27)24-11-5-2-6-12-24)19(15-29-20(18)13-17)16-7-3-1-4-8-16;/h1,3-4,7-10,13,19,28H,2,5-6,11-12,14-15H2,(H,23,26);1H2/t19-;/m1./s1. The second-order valence-corrected chi connectivity index (χ2v) is 7.46. The number of hydrogen-bond acceptors (Lipinski definition) is 4. The predicted molar refractivity (Wildman–Crippen MR) is 117 cm³/mol. The second kappa shape index (κ2) is 9.86. The quantitative estimate of drug-likeness (QED) is 0.566. The predicted octanol–water partition coefficient (Wildman–Crippen LogP) is 3.46. The monoisotopic (exact) mass is 429 g/mol. The Labute approximate surface area is 183 Å². The van der Waals surface area contributed by atoms with Crippen LogP contribution in [0.3, 0.4) is 0 Å². The number of hydroxylamine groups is 1. The van der Waals surface area contributed by atoms with Gasteiger partial charge in [0, 0.05) is 24.2 Å². The molecule has 0 saturated carbocycles. The molecule has 30 heavy (non-hydrogen) atoms. The van der Waals surface area contributed by atoms with Crippen LogP contribution in [-0.4, -0.2) is 46.6 Å². The lowest BCUT2D eigenvalue weighted by Crippen LogP contribution is -2.47. The first-order chi connectivity index (χ1) is 14.2. The Morgan fingerprint density at radius 1 is 1.03 bits per heavy atom. The van der Waals surface area contributed by atoms with Crippen molar-refractivity contribution in [3.05, 3.63) is 65.2 Å². The van der Waals surface area contributed by atoms with Crippen molar-refractivity contribution in [3.8, 4) is 5.75 Å². The molecule has 160 valence electrons. The number of urea groups is 1. The molecule has 2 heterocycles. The van der Waals surface area contributed by atoms with Crippen molar-refractivity contribution in [1.29, 1.82) is 0 Å². The van der Waals surface area contributed by atoms with Crippen molar-refractivity contribution in [2.24, 2.45) is 0 Å². The Kier molecular flexibility index (Phi) is 7.23. The maximum absolute atomic E-state index is 13.4. The number of piperidine rings is 1. The van der Waals surface area contributed by atoms with Gasteiger partial charge in [-0.3, -0.25) is 10.0 Å². The Balaban J connectivity index is 0.00000256. The number of carbonyl (C=O) groups is 2. The highest BCUT2D eigenvalue weighted by atomic mass is 32.1. The van der Waals surface area contributed by atoms with Crippen molar-refractivity contribution < 1.29 is 19.5 Å². The van der Waals surface area contributed by atoms with Crippen LogP contribution >= 0.6 is 13.5 Å². The van der Waals surface area contributed by atoms with Gasteiger partial charge in [0.1, 0.15) is 12.4 Å². The molecule has 0 radical (unpaired) electrons. The van der Waals surface area contributed by atoms with Crippen LogP contribution in [-0.2, 0) is 6.54 Å². The Bertz CT molecular complexity index is 887. The van der Waals surface area contributed by atoms with Crippen molar-refractivity contribution in [3.63, 3.8) is 0 Å². The average Bonchev–Trinajstić information content (AvgIpc) is 2.98. The summed E-state index contributed by atoms with van der Waals surface area (Å²) in [7, 11) is 0. The molecule has 2 N–H and O–H groups in total. The number of ether oxygens (including phenoxy) is 1. The summed E-state index contributed by atoms with van der Waals surface area (Å²) in [6.45, 7) is 2.24. The highest BCUT2D eigenvalue weighted by Gasteiger charge is 2.33. The van der Waals surface area contributed by atoms with Gasteiger partial charge in [0.15, 0.2) is 0 Å². The van der Waals surface area contributed by atoms with E-state index in [1.54, 1.807) is 23.7 Å². The maximum Gasteiger partial charge on any atom is 0.320 e. The van der Waals surface area contributed by atoms with Crippen LogP contribution in [0.2, 0.25) is 0 Å². The van der Waals surface area contributed by atoms with E-state index in [2.05, 4.69) is 0 Å². The molecule has 1 atom stereocenters. The summed E-state index contributed by atoms with van der Waals surface area (Å²) < 4.78 is 6.04. The fourth-order valence-electron chi connectivity index (χ4n) is 4.00. The van der Waals surface area contributed by atoms with E-state index in [1.165, 1.54) is 0 Å². The van der Waals surface area contributed by atoms with Crippen molar-refractivity contribution in [1.82, 2.24) is 15.3 Å². The average molecular weight is 430 g/mol. The molecule has 2 aliphatic rings. The molecule has 1 saturated heterocycles. The van der Waals surface area contributed by atoms with Crippen molar-refractivity contribution in [2.75, 3.05) is 19.7 Å². The van der Waals surface area contributed by atoms with E-state index in [-0.39, 0.29) is 25.6 Å². The molecule has 2 aliphatic heterocycles. The minimum atomic E-state index is -0.596. The van der Waals surface area contributed by atoms with E-state index in [9.17, 15) is 9.59 Å². The first kappa shape index (κ1) is 22.0. The molecule has 3 amide bonds. The first-order valence-corrected chi connectivity index (χ1v) is 9.98. The summed E-state index contributed by atoms with van der Waals surface area (Å²) in [6.07, 6.45) is 3.22. The van der Waals surface area contributed by atoms with Crippen molar-refractivity contribution >= 4 is 25.4 Å². The number of fused-ring (bicyclic) bond motifs is 1. The molecule has 0 aliphatic carbocycles. The van der Waals surface area contributed by atoms with Crippen molar-refractivity contribution in [2.45, 2.75) is 31.8 Å². The fraction of sp³-hybridized carbons (Fsp3) is 0.364. The van der Waals surface area contributed by atoms with Crippen LogP contribution in [0.5, 0.6) is 5.75 Å². The van der Waals surface area contributed by atoms with Gasteiger partial charge in [0.25, 0.3) is 5.91 Å². The lowest BCUT2D eigenvalue weighted by molar-refractivity contribution is 0.0706. The summed E-state index contributed by atoms with van der Waals surface area (Å²) in [4.78, 5) is 29.0. The number of likely N-dealkylation sites (tertiary alicyclic amines) is 1. The number of amides is 3. The largest absolute Gasteiger partial charge is 0.491 e. The third-order valence-electron chi connectivity index (χ3n) is 5.60. The SMILES string of the molecule is O=C(NO)c1ccc2c(c1)OC[C@H](c1ccccc1)N(C(=O)N1CCCCC1)C2.S. The fourth-order valence-corrected chi connectivity index (χ4v) is 4.00. The van der Waals surface area contributed by atoms with Gasteiger partial charge >= 0.3 is 6.03 Å². The van der Waals surface area contributed by atoms with Gasteiger partial charge in [-0.05, 0) is 37.0 Å². The molecular weight excluding hydrogens is 402 g/mol. The highest BCUT2D eigenvalue weighted by Crippen LogP contribution is 2.33. The van der Waals surface area contributed by atoms with E-state index in [4.69, 9.17) is 9.94 Å². The number of rotatable bonds is 2. The lowest BCUT2D eigenvalue weighted by atomic mass is 10.0. The minimum Gasteiger partial charge on any atom is -0.491 e. The molecule has 8 heteroatoms. The Morgan fingerprint density at radius 2 is 1.77 bits per heavy atom. The summed E-state index contributed by atoms with van der Waals surface area (Å²) >= 11 is 0. The smallest absolute Gasteiger partial charge is 0.320 e. The Hall–Kier alpha value is -2.71. The molecule has 7 nitrogen and oxygen atoms in total. The maximum atomic E-state index is 13.4. The molecule has 0 unspecified atom stereocenters. The molecule has 0 aromatic heterocycles. The van der Waals surface area contributed by atoms with Crippen LogP contribution in [0.25, 0.3) is 0 Å². The summed E-state index contributed by atoms with van der Waals surface area (Å²) in [5.41, 5.74) is 3.80. The normalized spacial score (nSPS) is 18.4. The molecule has 0 bridgehead atoms. The molecule has 1 fully saturated rings. The summed E-state index contributed by atoms with van der Waals surface area (Å²) in [5.74, 6) is -0.0394. The number of benzene rings is 2. The highest BCUT2D eigenvalue weighted by molar-refractivity contribution is 7.59. The van der Waals surface area contributed by atoms with E-state index < -0.39 is 5.91 Å². The number of nitrogens with one attached hydrogen (secondary N) is 1. The number of hydrogen-bond donors (Lipinski definition) is 2. The number of carbonyl (C=O) groups excluding carboxylic acids is 2. The third-order valence-corrected chi connectivity index (χ3v) is 5.60. The molecule has 0 spiro atoms. The third kappa shape index (κ3) is 4.55. The van der Waals surface area contributed by atoms with Gasteiger partial charge in [0.2, 0.25) is 0 Å². The second-order valence-electron chi connectivity index (χ2n) is 7.46. The first-order valence-electron chi connectivity index (χ1n) is 9.98. The van der Waals surface area contributed by atoms with Gasteiger partial charge in [-0.15, -0.1) is 0 Å². The van der Waals surface area contributed by atoms with Crippen LogP contribution < -0.4 is 10.2 Å². The topological polar surface area (TPSA) is 82.1 Å². The van der Waals surface area contributed by atoms with E-state index >= 15 is 0 Å². The van der Waals surface area contributed by atoms with Gasteiger partial charge < -0.3 is 14.5 Å². The molecule has 4 rings (SSSR count). The molecule has 2 aromatic carbocycles. The Morgan fingerprint density at radius 3 is 2.47 bits per heavy atom. The van der Waals surface area contributed by atoms with Gasteiger partial charge in [0.05, 0.1) is 12.6 Å².